The van der Waals surface area contributed by atoms with Crippen LogP contribution in [0.5, 0.6) is 0 Å². The molecule has 2 heterocycles. The first-order chi connectivity index (χ1) is 9.31. The van der Waals surface area contributed by atoms with Crippen LogP contribution in [0.1, 0.15) is 19.2 Å². The third-order valence-electron chi connectivity index (χ3n) is 2.28. The zero-order valence-electron chi connectivity index (χ0n) is 11.0. The number of rotatable bonds is 7. The SMILES string of the molecule is CCCNc1cc(Sc2cccs2)nc(COC)n1. The van der Waals surface area contributed by atoms with Crippen molar-refractivity contribution in [2.75, 3.05) is 19.0 Å². The molecule has 6 heteroatoms. The Hall–Kier alpha value is -1.11. The second kappa shape index (κ2) is 7.47. The summed E-state index contributed by atoms with van der Waals surface area (Å²) in [5.74, 6) is 1.57. The van der Waals surface area contributed by atoms with Crippen molar-refractivity contribution in [3.05, 3.63) is 29.4 Å². The van der Waals surface area contributed by atoms with Gasteiger partial charge in [-0.3, -0.25) is 0 Å². The number of nitrogens with one attached hydrogen (secondary N) is 1. The summed E-state index contributed by atoms with van der Waals surface area (Å²) in [6.07, 6.45) is 1.07. The lowest BCUT2D eigenvalue weighted by Crippen LogP contribution is -2.06. The molecule has 0 bridgehead atoms. The summed E-state index contributed by atoms with van der Waals surface area (Å²) in [6, 6.07) is 6.12. The van der Waals surface area contributed by atoms with Crippen LogP contribution in [0.25, 0.3) is 0 Å². The molecule has 102 valence electrons. The van der Waals surface area contributed by atoms with Crippen LogP contribution in [0.3, 0.4) is 0 Å². The Morgan fingerprint density at radius 1 is 1.42 bits per heavy atom. The van der Waals surface area contributed by atoms with Crippen molar-refractivity contribution >= 4 is 28.9 Å². The fourth-order valence-electron chi connectivity index (χ4n) is 1.49. The molecule has 2 aromatic heterocycles. The highest BCUT2D eigenvalue weighted by atomic mass is 32.2. The van der Waals surface area contributed by atoms with Gasteiger partial charge in [-0.15, -0.1) is 11.3 Å². The Morgan fingerprint density at radius 3 is 3.00 bits per heavy atom. The first-order valence-corrected chi connectivity index (χ1v) is 7.83. The molecule has 0 spiro atoms. The van der Waals surface area contributed by atoms with Gasteiger partial charge >= 0.3 is 0 Å². The molecule has 2 rings (SSSR count). The maximum atomic E-state index is 5.12. The van der Waals surface area contributed by atoms with Crippen LogP contribution in [-0.2, 0) is 11.3 Å². The summed E-state index contributed by atoms with van der Waals surface area (Å²) >= 11 is 3.37. The first-order valence-electron chi connectivity index (χ1n) is 6.14. The van der Waals surface area contributed by atoms with E-state index in [0.29, 0.717) is 12.4 Å². The molecule has 4 nitrogen and oxygen atoms in total. The first kappa shape index (κ1) is 14.3. The van der Waals surface area contributed by atoms with Gasteiger partial charge in [0.05, 0.1) is 4.21 Å². The predicted octanol–water partition coefficient (Wildman–Crippen LogP) is 3.66. The van der Waals surface area contributed by atoms with Crippen LogP contribution < -0.4 is 5.32 Å². The molecular formula is C13H17N3OS2. The molecule has 0 radical (unpaired) electrons. The lowest BCUT2D eigenvalue weighted by molar-refractivity contribution is 0.177. The second-order valence-corrected chi connectivity index (χ2v) is 6.17. The van der Waals surface area contributed by atoms with E-state index in [1.54, 1.807) is 30.2 Å². The molecule has 0 unspecified atom stereocenters. The van der Waals surface area contributed by atoms with E-state index in [0.717, 1.165) is 23.8 Å². The predicted molar refractivity (Wildman–Crippen MR) is 80.0 cm³/mol. The van der Waals surface area contributed by atoms with Crippen molar-refractivity contribution in [1.29, 1.82) is 0 Å². The number of hydrogen-bond acceptors (Lipinski definition) is 6. The zero-order chi connectivity index (χ0) is 13.5. The molecule has 0 aliphatic rings. The summed E-state index contributed by atoms with van der Waals surface area (Å²) < 4.78 is 6.34. The Labute approximate surface area is 121 Å². The van der Waals surface area contributed by atoms with Crippen molar-refractivity contribution in [3.63, 3.8) is 0 Å². The van der Waals surface area contributed by atoms with Crippen LogP contribution in [0, 0.1) is 0 Å². The van der Waals surface area contributed by atoms with Gasteiger partial charge in [-0.2, -0.15) is 0 Å². The van der Waals surface area contributed by atoms with E-state index in [2.05, 4.69) is 33.7 Å². The molecule has 19 heavy (non-hydrogen) atoms. The average molecular weight is 295 g/mol. The number of aromatic nitrogens is 2. The molecule has 0 saturated heterocycles. The highest BCUT2D eigenvalue weighted by Crippen LogP contribution is 2.30. The van der Waals surface area contributed by atoms with Gasteiger partial charge < -0.3 is 10.1 Å². The van der Waals surface area contributed by atoms with Crippen molar-refractivity contribution in [2.24, 2.45) is 0 Å². The molecule has 0 aromatic carbocycles. The third-order valence-corrected chi connectivity index (χ3v) is 4.23. The number of methoxy groups -OCH3 is 1. The number of thiophene rings is 1. The smallest absolute Gasteiger partial charge is 0.157 e. The lowest BCUT2D eigenvalue weighted by atomic mass is 10.4. The average Bonchev–Trinajstić information content (AvgIpc) is 2.89. The molecule has 0 amide bonds. The number of anilines is 1. The Kier molecular flexibility index (Phi) is 5.62. The Balaban J connectivity index is 2.17. The van der Waals surface area contributed by atoms with E-state index < -0.39 is 0 Å². The fourth-order valence-corrected chi connectivity index (χ4v) is 3.22. The van der Waals surface area contributed by atoms with E-state index in [1.165, 1.54) is 4.21 Å². The minimum atomic E-state index is 0.430. The molecule has 0 aliphatic heterocycles. The topological polar surface area (TPSA) is 47.0 Å². The van der Waals surface area contributed by atoms with E-state index in [-0.39, 0.29) is 0 Å². The number of hydrogen-bond donors (Lipinski definition) is 1. The van der Waals surface area contributed by atoms with Crippen molar-refractivity contribution in [1.82, 2.24) is 9.97 Å². The zero-order valence-corrected chi connectivity index (χ0v) is 12.7. The molecular weight excluding hydrogens is 278 g/mol. The van der Waals surface area contributed by atoms with Gasteiger partial charge in [-0.05, 0) is 17.9 Å². The van der Waals surface area contributed by atoms with Crippen LogP contribution >= 0.6 is 23.1 Å². The van der Waals surface area contributed by atoms with Crippen molar-refractivity contribution in [3.8, 4) is 0 Å². The summed E-state index contributed by atoms with van der Waals surface area (Å²) in [4.78, 5) is 8.93. The van der Waals surface area contributed by atoms with Gasteiger partial charge in [0.15, 0.2) is 5.82 Å². The Morgan fingerprint density at radius 2 is 2.32 bits per heavy atom. The van der Waals surface area contributed by atoms with Gasteiger partial charge in [-0.1, -0.05) is 24.8 Å². The van der Waals surface area contributed by atoms with E-state index in [1.807, 2.05) is 12.1 Å². The maximum Gasteiger partial charge on any atom is 0.157 e. The largest absolute Gasteiger partial charge is 0.377 e. The van der Waals surface area contributed by atoms with Gasteiger partial charge in [0, 0.05) is 19.7 Å². The van der Waals surface area contributed by atoms with E-state index >= 15 is 0 Å². The lowest BCUT2D eigenvalue weighted by Gasteiger charge is -2.08. The van der Waals surface area contributed by atoms with Gasteiger partial charge in [0.1, 0.15) is 17.5 Å². The van der Waals surface area contributed by atoms with Crippen LogP contribution in [0.15, 0.2) is 32.8 Å². The van der Waals surface area contributed by atoms with Gasteiger partial charge in [0.2, 0.25) is 0 Å². The van der Waals surface area contributed by atoms with Crippen molar-refractivity contribution < 1.29 is 4.74 Å². The summed E-state index contributed by atoms with van der Waals surface area (Å²) in [6.45, 7) is 3.47. The maximum absolute atomic E-state index is 5.12. The number of ether oxygens (including phenoxy) is 1. The molecule has 2 aromatic rings. The highest BCUT2D eigenvalue weighted by molar-refractivity contribution is 8.01. The van der Waals surface area contributed by atoms with Crippen molar-refractivity contribution in [2.45, 2.75) is 29.2 Å². The van der Waals surface area contributed by atoms with Crippen LogP contribution in [0.4, 0.5) is 5.82 Å². The fraction of sp³-hybridized carbons (Fsp3) is 0.385. The van der Waals surface area contributed by atoms with Gasteiger partial charge in [-0.25, -0.2) is 9.97 Å². The molecule has 0 atom stereocenters. The summed E-state index contributed by atoms with van der Waals surface area (Å²) in [5.41, 5.74) is 0. The molecule has 0 fully saturated rings. The minimum absolute atomic E-state index is 0.430. The minimum Gasteiger partial charge on any atom is -0.377 e. The molecule has 0 aliphatic carbocycles. The summed E-state index contributed by atoms with van der Waals surface area (Å²) in [5, 5.41) is 6.31. The third kappa shape index (κ3) is 4.49. The van der Waals surface area contributed by atoms with E-state index in [9.17, 15) is 0 Å². The standard InChI is InChI=1S/C13H17N3OS2/c1-3-6-14-10-8-12(16-11(15-10)9-17-2)19-13-5-4-7-18-13/h4-5,7-8H,3,6,9H2,1-2H3,(H,14,15,16). The van der Waals surface area contributed by atoms with Crippen LogP contribution in [0.2, 0.25) is 0 Å². The quantitative estimate of drug-likeness (QED) is 0.790. The highest BCUT2D eigenvalue weighted by Gasteiger charge is 2.06. The second-order valence-electron chi connectivity index (χ2n) is 3.90. The Bertz CT molecular complexity index is 503. The molecule has 0 saturated carbocycles. The number of nitrogens with zero attached hydrogens (tertiary/aromatic N) is 2. The monoisotopic (exact) mass is 295 g/mol. The van der Waals surface area contributed by atoms with Gasteiger partial charge in [0.25, 0.3) is 0 Å². The normalized spacial score (nSPS) is 10.6. The summed E-state index contributed by atoms with van der Waals surface area (Å²) in [7, 11) is 1.65. The van der Waals surface area contributed by atoms with Crippen LogP contribution in [-0.4, -0.2) is 23.6 Å². The molecule has 1 N–H and O–H groups in total. The van der Waals surface area contributed by atoms with E-state index in [4.69, 9.17) is 4.74 Å².